The third-order valence-corrected chi connectivity index (χ3v) is 4.02. The SMILES string of the molecule is Cc1cc(C)c(O)c(CN(C)C)c1.Cc1cc(C)c(O)c(CN(C)C)c1.[Cl][Ti][Cl]. The molecule has 29 heavy (non-hydrogen) atoms. The van der Waals surface area contributed by atoms with E-state index in [4.69, 9.17) is 18.6 Å². The molecule has 0 aromatic heterocycles. The summed E-state index contributed by atoms with van der Waals surface area (Å²) in [5.41, 5.74) is 6.32. The molecule has 0 saturated heterocycles. The van der Waals surface area contributed by atoms with Gasteiger partial charge in [0.05, 0.1) is 0 Å². The first-order valence-electron chi connectivity index (χ1n) is 9.26. The maximum atomic E-state index is 9.74. The summed E-state index contributed by atoms with van der Waals surface area (Å²) in [6.45, 7) is 9.53. The number of hydrogen-bond donors (Lipinski definition) is 2. The standard InChI is InChI=1S/2C11H17NO.2ClH.Ti/c2*1-8-5-9(2)11(13)10(6-8)7-12(3)4;;;/h2*5-6,13H,7H2,1-4H3;2*1H;/q;;;;+2/p-2. The average Bonchev–Trinajstić information content (AvgIpc) is 2.57. The summed E-state index contributed by atoms with van der Waals surface area (Å²) in [6, 6.07) is 8.05. The second kappa shape index (κ2) is 14.3. The van der Waals surface area contributed by atoms with Gasteiger partial charge in [-0.3, -0.25) is 0 Å². The molecule has 2 aromatic rings. The first-order chi connectivity index (χ1) is 13.4. The van der Waals surface area contributed by atoms with Gasteiger partial charge in [-0.15, -0.1) is 0 Å². The van der Waals surface area contributed by atoms with Crippen molar-refractivity contribution in [3.63, 3.8) is 0 Å². The summed E-state index contributed by atoms with van der Waals surface area (Å²) in [7, 11) is 17.8. The van der Waals surface area contributed by atoms with Crippen molar-refractivity contribution in [2.45, 2.75) is 40.8 Å². The summed E-state index contributed by atoms with van der Waals surface area (Å²) >= 11 is -0.556. The first-order valence-corrected chi connectivity index (χ1v) is 13.6. The van der Waals surface area contributed by atoms with Gasteiger partial charge < -0.3 is 20.0 Å². The predicted molar refractivity (Wildman–Crippen MR) is 122 cm³/mol. The van der Waals surface area contributed by atoms with Gasteiger partial charge in [0.15, 0.2) is 0 Å². The van der Waals surface area contributed by atoms with Crippen molar-refractivity contribution < 1.29 is 27.2 Å². The van der Waals surface area contributed by atoms with Crippen LogP contribution in [0.2, 0.25) is 0 Å². The van der Waals surface area contributed by atoms with E-state index in [0.29, 0.717) is 11.5 Å². The Morgan fingerprint density at radius 2 is 0.966 bits per heavy atom. The van der Waals surface area contributed by atoms with Gasteiger partial charge in [-0.25, -0.2) is 0 Å². The van der Waals surface area contributed by atoms with E-state index < -0.39 is 17.0 Å². The molecule has 0 radical (unpaired) electrons. The van der Waals surface area contributed by atoms with E-state index in [0.717, 1.165) is 35.3 Å². The van der Waals surface area contributed by atoms with Crippen LogP contribution in [-0.4, -0.2) is 48.2 Å². The van der Waals surface area contributed by atoms with E-state index in [9.17, 15) is 10.2 Å². The summed E-state index contributed by atoms with van der Waals surface area (Å²) in [6.07, 6.45) is 0. The van der Waals surface area contributed by atoms with Crippen LogP contribution in [0.25, 0.3) is 0 Å². The monoisotopic (exact) mass is 476 g/mol. The van der Waals surface area contributed by atoms with Crippen LogP contribution in [-0.2, 0) is 30.1 Å². The van der Waals surface area contributed by atoms with Crippen molar-refractivity contribution >= 4 is 18.6 Å². The molecule has 0 aliphatic carbocycles. The van der Waals surface area contributed by atoms with Gasteiger partial charge >= 0.3 is 35.6 Å². The molecule has 0 amide bonds. The van der Waals surface area contributed by atoms with Crippen LogP contribution in [0, 0.1) is 27.7 Å². The Balaban J connectivity index is 0.000000477. The predicted octanol–water partition coefficient (Wildman–Crippen LogP) is 5.52. The number of hydrogen-bond acceptors (Lipinski definition) is 4. The van der Waals surface area contributed by atoms with Crippen molar-refractivity contribution in [2.75, 3.05) is 28.2 Å². The zero-order valence-electron chi connectivity index (χ0n) is 18.8. The van der Waals surface area contributed by atoms with Gasteiger partial charge in [0, 0.05) is 24.2 Å². The molecule has 0 saturated carbocycles. The molecule has 0 atom stereocenters. The van der Waals surface area contributed by atoms with Gasteiger partial charge in [-0.05, 0) is 67.0 Å². The molecule has 0 aliphatic rings. The van der Waals surface area contributed by atoms with E-state index in [-0.39, 0.29) is 0 Å². The third kappa shape index (κ3) is 11.3. The molecule has 0 bridgehead atoms. The Morgan fingerprint density at radius 1 is 0.690 bits per heavy atom. The Labute approximate surface area is 193 Å². The molecule has 0 aliphatic heterocycles. The normalized spacial score (nSPS) is 10.2. The average molecular weight is 477 g/mol. The van der Waals surface area contributed by atoms with Crippen LogP contribution in [0.5, 0.6) is 11.5 Å². The van der Waals surface area contributed by atoms with Gasteiger partial charge in [-0.1, -0.05) is 35.4 Å². The molecular weight excluding hydrogens is 443 g/mol. The summed E-state index contributed by atoms with van der Waals surface area (Å²) in [4.78, 5) is 4.10. The van der Waals surface area contributed by atoms with Crippen LogP contribution < -0.4 is 0 Å². The van der Waals surface area contributed by atoms with E-state index in [1.165, 1.54) is 11.1 Å². The van der Waals surface area contributed by atoms with Crippen molar-refractivity contribution in [1.82, 2.24) is 9.80 Å². The number of aromatic hydroxyl groups is 2. The van der Waals surface area contributed by atoms with Crippen molar-refractivity contribution in [3.8, 4) is 11.5 Å². The topological polar surface area (TPSA) is 46.9 Å². The van der Waals surface area contributed by atoms with Crippen molar-refractivity contribution in [1.29, 1.82) is 0 Å². The van der Waals surface area contributed by atoms with Gasteiger partial charge in [0.1, 0.15) is 11.5 Å². The number of rotatable bonds is 4. The Hall–Kier alpha value is -0.746. The summed E-state index contributed by atoms with van der Waals surface area (Å²) in [5.74, 6) is 0.860. The van der Waals surface area contributed by atoms with E-state index in [1.54, 1.807) is 0 Å². The molecule has 0 unspecified atom stereocenters. The minimum atomic E-state index is -0.556. The Kier molecular flexibility index (Phi) is 13.9. The number of phenols is 2. The van der Waals surface area contributed by atoms with Crippen LogP contribution >= 0.6 is 18.6 Å². The van der Waals surface area contributed by atoms with Crippen LogP contribution in [0.15, 0.2) is 24.3 Å². The molecule has 2 N–H and O–H groups in total. The number of benzene rings is 2. The van der Waals surface area contributed by atoms with E-state index >= 15 is 0 Å². The fourth-order valence-corrected chi connectivity index (χ4v) is 3.02. The fraction of sp³-hybridized carbons (Fsp3) is 0.455. The van der Waals surface area contributed by atoms with Gasteiger partial charge in [0.2, 0.25) is 0 Å². The third-order valence-electron chi connectivity index (χ3n) is 4.02. The number of phenolic OH excluding ortho intramolecular Hbond substituents is 2. The molecule has 4 nitrogen and oxygen atoms in total. The second-order valence-corrected chi connectivity index (χ2v) is 10.3. The molecule has 2 aromatic carbocycles. The molecule has 7 heteroatoms. The zero-order chi connectivity index (χ0) is 22.7. The Bertz CT molecular complexity index is 705. The van der Waals surface area contributed by atoms with Crippen LogP contribution in [0.3, 0.4) is 0 Å². The maximum absolute atomic E-state index is 9.74. The number of aryl methyl sites for hydroxylation is 4. The van der Waals surface area contributed by atoms with Crippen molar-refractivity contribution in [3.05, 3.63) is 57.6 Å². The first kappa shape index (κ1) is 28.3. The number of nitrogens with zero attached hydrogens (tertiary/aromatic N) is 2. The second-order valence-electron chi connectivity index (χ2n) is 7.73. The molecule has 0 spiro atoms. The molecule has 2 rings (SSSR count). The van der Waals surface area contributed by atoms with E-state index in [2.05, 4.69) is 0 Å². The molecule has 0 fully saturated rings. The molecule has 0 heterocycles. The van der Waals surface area contributed by atoms with E-state index in [1.807, 2.05) is 90.0 Å². The Morgan fingerprint density at radius 3 is 1.21 bits per heavy atom. The summed E-state index contributed by atoms with van der Waals surface area (Å²) in [5, 5.41) is 19.5. The van der Waals surface area contributed by atoms with Gasteiger partial charge in [-0.2, -0.15) is 0 Å². The molecular formula is C22H34Cl2N2O2Ti. The fourth-order valence-electron chi connectivity index (χ4n) is 3.02. The van der Waals surface area contributed by atoms with Gasteiger partial charge in [0.25, 0.3) is 0 Å². The molecule has 162 valence electrons. The quantitative estimate of drug-likeness (QED) is 0.570. The van der Waals surface area contributed by atoms with Crippen molar-refractivity contribution in [2.24, 2.45) is 0 Å². The summed E-state index contributed by atoms with van der Waals surface area (Å²) < 4.78 is 0. The minimum absolute atomic E-state index is 0.430. The van der Waals surface area contributed by atoms with Crippen LogP contribution in [0.1, 0.15) is 33.4 Å². The van der Waals surface area contributed by atoms with Crippen LogP contribution in [0.4, 0.5) is 0 Å². The number of halogens is 2. The zero-order valence-corrected chi connectivity index (χ0v) is 21.8.